The van der Waals surface area contributed by atoms with Crippen molar-refractivity contribution in [3.8, 4) is 22.3 Å². The van der Waals surface area contributed by atoms with Gasteiger partial charge in [-0.05, 0) is 104 Å². The number of likely N-dealkylation sites (tertiary alicyclic amines) is 1. The molecule has 1 aromatic heterocycles. The van der Waals surface area contributed by atoms with Gasteiger partial charge in [-0.1, -0.05) is 42.5 Å². The largest absolute Gasteiger partial charge is 0.326 e. The van der Waals surface area contributed by atoms with Gasteiger partial charge in [-0.25, -0.2) is 0 Å². The average molecular weight is 480 g/mol. The van der Waals surface area contributed by atoms with Gasteiger partial charge in [0.25, 0.3) is 5.56 Å². The van der Waals surface area contributed by atoms with Crippen LogP contribution in [-0.2, 0) is 4.79 Å². The number of aromatic nitrogens is 1. The van der Waals surface area contributed by atoms with E-state index in [2.05, 4.69) is 65.4 Å². The summed E-state index contributed by atoms with van der Waals surface area (Å²) in [6.45, 7) is 8.38. The number of carbonyl (C=O) groups excluding carboxylic acids is 1. The van der Waals surface area contributed by atoms with Crippen molar-refractivity contribution in [3.05, 3.63) is 88.7 Å². The fourth-order valence-corrected chi connectivity index (χ4v) is 5.23. The normalized spacial score (nSPS) is 14.9. The predicted molar refractivity (Wildman–Crippen MR) is 148 cm³/mol. The molecule has 1 aliphatic rings. The molecule has 2 N–H and O–H groups in total. The van der Waals surface area contributed by atoms with Gasteiger partial charge in [-0.2, -0.15) is 0 Å². The van der Waals surface area contributed by atoms with Crippen molar-refractivity contribution in [1.82, 2.24) is 9.88 Å². The number of benzene rings is 3. The lowest BCUT2D eigenvalue weighted by Gasteiger charge is -2.34. The number of nitrogens with one attached hydrogen (secondary N) is 2. The number of pyridine rings is 1. The highest BCUT2D eigenvalue weighted by Gasteiger charge is 2.22. The molecule has 0 aliphatic carbocycles. The van der Waals surface area contributed by atoms with Crippen molar-refractivity contribution in [2.45, 2.75) is 45.6 Å². The van der Waals surface area contributed by atoms with Crippen LogP contribution in [0.25, 0.3) is 33.2 Å². The fraction of sp³-hybridized carbons (Fsp3) is 0.290. The zero-order valence-corrected chi connectivity index (χ0v) is 21.2. The van der Waals surface area contributed by atoms with Crippen molar-refractivity contribution >= 4 is 22.5 Å². The molecule has 3 aromatic carbocycles. The Morgan fingerprint density at radius 2 is 1.53 bits per heavy atom. The highest BCUT2D eigenvalue weighted by molar-refractivity contribution is 5.90. The molecule has 0 unspecified atom stereocenters. The molecule has 1 amide bonds. The molecule has 0 spiro atoms. The number of piperidine rings is 1. The van der Waals surface area contributed by atoms with Crippen LogP contribution in [0.2, 0.25) is 0 Å². The lowest BCUT2D eigenvalue weighted by Crippen LogP contribution is -2.37. The summed E-state index contributed by atoms with van der Waals surface area (Å²) in [7, 11) is 0. The second-order valence-corrected chi connectivity index (χ2v) is 10.1. The van der Waals surface area contributed by atoms with Crippen LogP contribution in [0.15, 0.2) is 77.6 Å². The molecule has 1 fully saturated rings. The lowest BCUT2D eigenvalue weighted by molar-refractivity contribution is -0.114. The summed E-state index contributed by atoms with van der Waals surface area (Å²) in [4.78, 5) is 29.6. The van der Waals surface area contributed by atoms with Crippen LogP contribution in [0.3, 0.4) is 0 Å². The summed E-state index contributed by atoms with van der Waals surface area (Å²) < 4.78 is 0. The minimum absolute atomic E-state index is 0.122. The highest BCUT2D eigenvalue weighted by Crippen LogP contribution is 2.31. The van der Waals surface area contributed by atoms with Crippen LogP contribution >= 0.6 is 0 Å². The third kappa shape index (κ3) is 5.12. The number of rotatable bonds is 5. The molecule has 184 valence electrons. The molecule has 4 aromatic rings. The Bertz CT molecular complexity index is 1430. The Hall–Kier alpha value is -3.70. The van der Waals surface area contributed by atoms with Crippen LogP contribution in [0.5, 0.6) is 0 Å². The number of hydrogen-bond acceptors (Lipinski definition) is 3. The number of H-pyrrole nitrogens is 1. The summed E-state index contributed by atoms with van der Waals surface area (Å²) in [6.07, 6.45) is 2.44. The second-order valence-electron chi connectivity index (χ2n) is 10.1. The third-order valence-electron chi connectivity index (χ3n) is 7.34. The van der Waals surface area contributed by atoms with Crippen LogP contribution in [0.1, 0.15) is 45.1 Å². The molecular formula is C31H33N3O2. The molecule has 5 heteroatoms. The smallest absolute Gasteiger partial charge is 0.256 e. The molecule has 36 heavy (non-hydrogen) atoms. The third-order valence-corrected chi connectivity index (χ3v) is 7.34. The van der Waals surface area contributed by atoms with E-state index in [0.29, 0.717) is 23.2 Å². The van der Waals surface area contributed by atoms with Gasteiger partial charge in [0.2, 0.25) is 5.91 Å². The first-order chi connectivity index (χ1) is 17.4. The molecule has 0 radical (unpaired) electrons. The first kappa shape index (κ1) is 24.0. The number of aromatic amines is 1. The first-order valence-electron chi connectivity index (χ1n) is 12.8. The molecular weight excluding hydrogens is 446 g/mol. The maximum absolute atomic E-state index is 12.8. The number of amides is 1. The predicted octanol–water partition coefficient (Wildman–Crippen LogP) is 6.41. The van der Waals surface area contributed by atoms with Crippen molar-refractivity contribution in [3.63, 3.8) is 0 Å². The minimum Gasteiger partial charge on any atom is -0.326 e. The standard InChI is InChI=1S/C31H33N3O2/c1-20(2)34-16-14-24(15-17-34)22-4-6-23(7-5-22)26-10-13-30-27(18-26)19-29(31(36)33-30)25-8-11-28(12-9-25)32-21(3)35/h4-13,18-20,24H,14-17H2,1-3H3,(H,32,35)(H,33,36). The molecule has 2 heterocycles. The van der Waals surface area contributed by atoms with E-state index in [-0.39, 0.29) is 11.5 Å². The SMILES string of the molecule is CC(=O)Nc1ccc(-c2cc3cc(-c4ccc(C5CCN(C(C)C)CC5)cc4)ccc3[nH]c2=O)cc1. The molecule has 1 aliphatic heterocycles. The average Bonchev–Trinajstić information content (AvgIpc) is 2.88. The van der Waals surface area contributed by atoms with E-state index in [0.717, 1.165) is 22.0 Å². The monoisotopic (exact) mass is 479 g/mol. The van der Waals surface area contributed by atoms with Crippen molar-refractivity contribution in [2.24, 2.45) is 0 Å². The summed E-state index contributed by atoms with van der Waals surface area (Å²) in [5.74, 6) is 0.513. The minimum atomic E-state index is -0.129. The summed E-state index contributed by atoms with van der Waals surface area (Å²) in [5, 5.41) is 3.74. The van der Waals surface area contributed by atoms with Gasteiger partial charge in [0.15, 0.2) is 0 Å². The maximum Gasteiger partial charge on any atom is 0.256 e. The van der Waals surface area contributed by atoms with E-state index in [1.807, 2.05) is 36.4 Å². The Morgan fingerprint density at radius 3 is 2.17 bits per heavy atom. The van der Waals surface area contributed by atoms with Gasteiger partial charge < -0.3 is 15.2 Å². The maximum atomic E-state index is 12.8. The Morgan fingerprint density at radius 1 is 0.889 bits per heavy atom. The van der Waals surface area contributed by atoms with Crippen LogP contribution in [-0.4, -0.2) is 34.9 Å². The molecule has 0 bridgehead atoms. The summed E-state index contributed by atoms with van der Waals surface area (Å²) in [6, 6.07) is 25.1. The van der Waals surface area contributed by atoms with E-state index in [1.165, 1.54) is 44.0 Å². The molecule has 5 nitrogen and oxygen atoms in total. The van der Waals surface area contributed by atoms with Gasteiger partial charge in [0.05, 0.1) is 0 Å². The fourth-order valence-electron chi connectivity index (χ4n) is 5.23. The number of anilines is 1. The van der Waals surface area contributed by atoms with Crippen molar-refractivity contribution in [2.75, 3.05) is 18.4 Å². The molecule has 1 saturated heterocycles. The summed E-state index contributed by atoms with van der Waals surface area (Å²) >= 11 is 0. The van der Waals surface area contributed by atoms with Crippen LogP contribution in [0, 0.1) is 0 Å². The molecule has 5 rings (SSSR count). The van der Waals surface area contributed by atoms with Crippen LogP contribution < -0.4 is 10.9 Å². The number of fused-ring (bicyclic) bond motifs is 1. The summed E-state index contributed by atoms with van der Waals surface area (Å²) in [5.41, 5.74) is 6.54. The zero-order chi connectivity index (χ0) is 25.2. The highest BCUT2D eigenvalue weighted by atomic mass is 16.1. The topological polar surface area (TPSA) is 65.2 Å². The second kappa shape index (κ2) is 10.1. The number of hydrogen-bond donors (Lipinski definition) is 2. The van der Waals surface area contributed by atoms with Crippen molar-refractivity contribution in [1.29, 1.82) is 0 Å². The van der Waals surface area contributed by atoms with Crippen molar-refractivity contribution < 1.29 is 4.79 Å². The van der Waals surface area contributed by atoms with E-state index < -0.39 is 0 Å². The quantitative estimate of drug-likeness (QED) is 0.348. The Balaban J connectivity index is 1.38. The molecule has 0 atom stereocenters. The van der Waals surface area contributed by atoms with Gasteiger partial charge in [-0.15, -0.1) is 0 Å². The van der Waals surface area contributed by atoms with Crippen LogP contribution in [0.4, 0.5) is 5.69 Å². The van der Waals surface area contributed by atoms with E-state index >= 15 is 0 Å². The first-order valence-corrected chi connectivity index (χ1v) is 12.8. The van der Waals surface area contributed by atoms with E-state index in [4.69, 9.17) is 0 Å². The van der Waals surface area contributed by atoms with Gasteiger partial charge in [0.1, 0.15) is 0 Å². The Labute approximate surface area is 212 Å². The Kier molecular flexibility index (Phi) is 6.75. The zero-order valence-electron chi connectivity index (χ0n) is 21.2. The van der Waals surface area contributed by atoms with E-state index in [9.17, 15) is 9.59 Å². The lowest BCUT2D eigenvalue weighted by atomic mass is 9.88. The van der Waals surface area contributed by atoms with E-state index in [1.54, 1.807) is 0 Å². The number of carbonyl (C=O) groups is 1. The van der Waals surface area contributed by atoms with Gasteiger partial charge >= 0.3 is 0 Å². The molecule has 0 saturated carbocycles. The number of nitrogens with zero attached hydrogens (tertiary/aromatic N) is 1. The van der Waals surface area contributed by atoms with Gasteiger partial charge in [-0.3, -0.25) is 9.59 Å². The van der Waals surface area contributed by atoms with Gasteiger partial charge in [0, 0.05) is 29.7 Å².